The normalized spacial score (nSPS) is 14.3. The summed E-state index contributed by atoms with van der Waals surface area (Å²) in [7, 11) is 0. The van der Waals surface area contributed by atoms with Crippen molar-refractivity contribution in [3.05, 3.63) is 77.1 Å². The van der Waals surface area contributed by atoms with Crippen LogP contribution in [0.25, 0.3) is 0 Å². The maximum Gasteiger partial charge on any atom is 0.253 e. The van der Waals surface area contributed by atoms with E-state index in [2.05, 4.69) is 30.0 Å². The Labute approximate surface area is 201 Å². The molecule has 4 rings (SSSR count). The summed E-state index contributed by atoms with van der Waals surface area (Å²) in [5.41, 5.74) is 4.04. The van der Waals surface area contributed by atoms with Gasteiger partial charge in [-0.2, -0.15) is 5.10 Å². The molecule has 0 aliphatic carbocycles. The number of hydrogen-bond acceptors (Lipinski definition) is 5. The van der Waals surface area contributed by atoms with Crippen LogP contribution in [0.4, 0.5) is 0 Å². The number of benzene rings is 2. The monoisotopic (exact) mass is 462 g/mol. The summed E-state index contributed by atoms with van der Waals surface area (Å²) < 4.78 is 13.4. The lowest BCUT2D eigenvalue weighted by Crippen LogP contribution is -2.48. The summed E-state index contributed by atoms with van der Waals surface area (Å²) in [5, 5.41) is 4.54. The third-order valence-electron chi connectivity index (χ3n) is 6.14. The highest BCUT2D eigenvalue weighted by Gasteiger charge is 2.23. The molecule has 7 nitrogen and oxygen atoms in total. The molecule has 1 aliphatic heterocycles. The standard InChI is InChI=1S/C27H34N4O3/c1-4-31-19-24(21(3)28-31)18-29-13-15-30(16-14-29)27(32)23-8-6-7-22(17-23)20-34-26-11-9-25(10-12-26)33-5-2/h6-12,17,19H,4-5,13-16,18,20H2,1-3H3. The molecule has 1 aromatic heterocycles. The van der Waals surface area contributed by atoms with E-state index in [0.717, 1.165) is 62.0 Å². The van der Waals surface area contributed by atoms with Crippen LogP contribution in [-0.4, -0.2) is 58.3 Å². The molecule has 1 fully saturated rings. The Bertz CT molecular complexity index is 1090. The van der Waals surface area contributed by atoms with E-state index in [-0.39, 0.29) is 5.91 Å². The van der Waals surface area contributed by atoms with Gasteiger partial charge >= 0.3 is 0 Å². The van der Waals surface area contributed by atoms with E-state index >= 15 is 0 Å². The number of nitrogens with zero attached hydrogens (tertiary/aromatic N) is 4. The number of amides is 1. The summed E-state index contributed by atoms with van der Waals surface area (Å²) in [5.74, 6) is 1.68. The zero-order valence-corrected chi connectivity index (χ0v) is 20.4. The molecule has 0 spiro atoms. The van der Waals surface area contributed by atoms with E-state index in [1.54, 1.807) is 0 Å². The van der Waals surface area contributed by atoms with Crippen LogP contribution in [0.15, 0.2) is 54.7 Å². The number of carbonyl (C=O) groups is 1. The van der Waals surface area contributed by atoms with Gasteiger partial charge in [0.1, 0.15) is 18.1 Å². The fourth-order valence-corrected chi connectivity index (χ4v) is 4.17. The molecule has 2 heterocycles. The summed E-state index contributed by atoms with van der Waals surface area (Å²) in [6, 6.07) is 15.3. The summed E-state index contributed by atoms with van der Waals surface area (Å²) in [4.78, 5) is 17.5. The Morgan fingerprint density at radius 1 is 0.971 bits per heavy atom. The SMILES string of the molecule is CCOc1ccc(OCc2cccc(C(=O)N3CCN(Cc4cn(CC)nc4C)CC3)c2)cc1. The van der Waals surface area contributed by atoms with E-state index in [4.69, 9.17) is 9.47 Å². The fraction of sp³-hybridized carbons (Fsp3) is 0.407. The van der Waals surface area contributed by atoms with Crippen molar-refractivity contribution in [1.82, 2.24) is 19.6 Å². The van der Waals surface area contributed by atoms with Gasteiger partial charge in [-0.15, -0.1) is 0 Å². The summed E-state index contributed by atoms with van der Waals surface area (Å²) >= 11 is 0. The zero-order chi connectivity index (χ0) is 23.9. The Morgan fingerprint density at radius 2 is 1.68 bits per heavy atom. The van der Waals surface area contributed by atoms with Crippen molar-refractivity contribution in [1.29, 1.82) is 0 Å². The lowest BCUT2D eigenvalue weighted by Gasteiger charge is -2.34. The minimum absolute atomic E-state index is 0.0811. The van der Waals surface area contributed by atoms with Crippen LogP contribution >= 0.6 is 0 Å². The number of aryl methyl sites for hydroxylation is 2. The first kappa shape index (κ1) is 23.8. The highest BCUT2D eigenvalue weighted by Crippen LogP contribution is 2.20. The number of hydrogen-bond donors (Lipinski definition) is 0. The highest BCUT2D eigenvalue weighted by molar-refractivity contribution is 5.94. The zero-order valence-electron chi connectivity index (χ0n) is 20.4. The average Bonchev–Trinajstić information content (AvgIpc) is 3.23. The van der Waals surface area contributed by atoms with Crippen LogP contribution in [0, 0.1) is 6.92 Å². The van der Waals surface area contributed by atoms with E-state index in [9.17, 15) is 4.79 Å². The number of carbonyl (C=O) groups excluding carboxylic acids is 1. The number of rotatable bonds is 9. The summed E-state index contributed by atoms with van der Waals surface area (Å²) in [6.45, 7) is 12.1. The number of ether oxygens (including phenoxy) is 2. The van der Waals surface area contributed by atoms with Gasteiger partial charge in [0.25, 0.3) is 5.91 Å². The molecule has 0 saturated carbocycles. The van der Waals surface area contributed by atoms with Crippen molar-refractivity contribution in [3.8, 4) is 11.5 Å². The molecule has 0 unspecified atom stereocenters. The molecule has 1 saturated heterocycles. The van der Waals surface area contributed by atoms with Gasteiger partial charge < -0.3 is 14.4 Å². The number of piperazine rings is 1. The summed E-state index contributed by atoms with van der Waals surface area (Å²) in [6.07, 6.45) is 2.13. The highest BCUT2D eigenvalue weighted by atomic mass is 16.5. The predicted octanol–water partition coefficient (Wildman–Crippen LogP) is 4.15. The molecular formula is C27H34N4O3. The van der Waals surface area contributed by atoms with Crippen LogP contribution in [0.3, 0.4) is 0 Å². The van der Waals surface area contributed by atoms with Gasteiger partial charge in [-0.3, -0.25) is 14.4 Å². The molecule has 7 heteroatoms. The first-order valence-electron chi connectivity index (χ1n) is 12.0. The lowest BCUT2D eigenvalue weighted by atomic mass is 10.1. The molecule has 2 aromatic carbocycles. The van der Waals surface area contributed by atoms with Crippen molar-refractivity contribution in [2.75, 3.05) is 32.8 Å². The van der Waals surface area contributed by atoms with Crippen LogP contribution in [0.5, 0.6) is 11.5 Å². The maximum absolute atomic E-state index is 13.1. The molecule has 0 N–H and O–H groups in total. The number of aromatic nitrogens is 2. The first-order valence-corrected chi connectivity index (χ1v) is 12.0. The average molecular weight is 463 g/mol. The molecule has 3 aromatic rings. The third kappa shape index (κ3) is 5.97. The minimum Gasteiger partial charge on any atom is -0.494 e. The van der Waals surface area contributed by atoms with Crippen molar-refractivity contribution in [2.45, 2.75) is 40.5 Å². The van der Waals surface area contributed by atoms with Crippen molar-refractivity contribution >= 4 is 5.91 Å². The van der Waals surface area contributed by atoms with Gasteiger partial charge in [0, 0.05) is 56.6 Å². The first-order chi connectivity index (χ1) is 16.6. The van der Waals surface area contributed by atoms with Gasteiger partial charge in [0.15, 0.2) is 0 Å². The third-order valence-corrected chi connectivity index (χ3v) is 6.14. The Balaban J connectivity index is 1.29. The maximum atomic E-state index is 13.1. The topological polar surface area (TPSA) is 59.8 Å². The second-order valence-corrected chi connectivity index (χ2v) is 8.56. The van der Waals surface area contributed by atoms with Crippen molar-refractivity contribution < 1.29 is 14.3 Å². The van der Waals surface area contributed by atoms with Crippen LogP contribution < -0.4 is 9.47 Å². The molecule has 1 amide bonds. The molecular weight excluding hydrogens is 428 g/mol. The molecule has 1 aliphatic rings. The quantitative estimate of drug-likeness (QED) is 0.478. The predicted molar refractivity (Wildman–Crippen MR) is 132 cm³/mol. The smallest absolute Gasteiger partial charge is 0.253 e. The minimum atomic E-state index is 0.0811. The van der Waals surface area contributed by atoms with Gasteiger partial charge in [0.2, 0.25) is 0 Å². The Kier molecular flexibility index (Phi) is 7.85. The van der Waals surface area contributed by atoms with E-state index < -0.39 is 0 Å². The largest absolute Gasteiger partial charge is 0.494 e. The van der Waals surface area contributed by atoms with Crippen molar-refractivity contribution in [2.24, 2.45) is 0 Å². The van der Waals surface area contributed by atoms with E-state index in [0.29, 0.717) is 18.8 Å². The second kappa shape index (κ2) is 11.2. The second-order valence-electron chi connectivity index (χ2n) is 8.56. The van der Waals surface area contributed by atoms with Crippen molar-refractivity contribution in [3.63, 3.8) is 0 Å². The molecule has 0 atom stereocenters. The molecule has 0 bridgehead atoms. The Morgan fingerprint density at radius 3 is 2.32 bits per heavy atom. The van der Waals surface area contributed by atoms with Crippen LogP contribution in [0.1, 0.15) is 41.0 Å². The van der Waals surface area contributed by atoms with E-state index in [1.165, 1.54) is 5.56 Å². The van der Waals surface area contributed by atoms with Gasteiger partial charge in [0.05, 0.1) is 12.3 Å². The van der Waals surface area contributed by atoms with Crippen LogP contribution in [-0.2, 0) is 19.7 Å². The fourth-order valence-electron chi connectivity index (χ4n) is 4.17. The van der Waals surface area contributed by atoms with Crippen LogP contribution in [0.2, 0.25) is 0 Å². The molecule has 0 radical (unpaired) electrons. The van der Waals surface area contributed by atoms with Gasteiger partial charge in [-0.25, -0.2) is 0 Å². The Hall–Kier alpha value is -3.32. The van der Waals surface area contributed by atoms with Gasteiger partial charge in [-0.1, -0.05) is 12.1 Å². The molecule has 34 heavy (non-hydrogen) atoms. The van der Waals surface area contributed by atoms with E-state index in [1.807, 2.05) is 65.0 Å². The van der Waals surface area contributed by atoms with Gasteiger partial charge in [-0.05, 0) is 62.7 Å². The molecule has 180 valence electrons. The lowest BCUT2D eigenvalue weighted by molar-refractivity contribution is 0.0628.